The Morgan fingerprint density at radius 3 is 2.41 bits per heavy atom. The quantitative estimate of drug-likeness (QED) is 0.592. The number of unbranched alkanes of at least 4 members (excludes halogenated alkanes) is 1. The van der Waals surface area contributed by atoms with Crippen molar-refractivity contribution in [2.75, 3.05) is 26.2 Å². The van der Waals surface area contributed by atoms with E-state index in [4.69, 9.17) is 5.11 Å². The fourth-order valence-electron chi connectivity index (χ4n) is 1.56. The van der Waals surface area contributed by atoms with E-state index in [0.717, 1.165) is 12.8 Å². The Balaban J connectivity index is 4.03. The molecule has 0 rings (SSSR count). The largest absolute Gasteiger partial charge is 0.480 e. The summed E-state index contributed by atoms with van der Waals surface area (Å²) in [6, 6.07) is 0. The van der Waals surface area contributed by atoms with Crippen LogP contribution in [0.2, 0.25) is 0 Å². The van der Waals surface area contributed by atoms with E-state index in [2.05, 4.69) is 12.2 Å². The molecule has 5 heteroatoms. The Morgan fingerprint density at radius 2 is 1.94 bits per heavy atom. The molecular formula is C12H24N2O3. The molecule has 1 amide bonds. The van der Waals surface area contributed by atoms with Crippen molar-refractivity contribution >= 4 is 11.9 Å². The highest BCUT2D eigenvalue weighted by Gasteiger charge is 2.14. The number of carboxylic acids is 1. The summed E-state index contributed by atoms with van der Waals surface area (Å²) in [5.41, 5.74) is 0. The Bertz CT molecular complexity index is 242. The molecule has 0 saturated carbocycles. The zero-order valence-corrected chi connectivity index (χ0v) is 11.0. The van der Waals surface area contributed by atoms with Crippen molar-refractivity contribution in [1.82, 2.24) is 10.2 Å². The van der Waals surface area contributed by atoms with E-state index in [9.17, 15) is 9.59 Å². The first-order valence-corrected chi connectivity index (χ1v) is 6.16. The number of nitrogens with one attached hydrogen (secondary N) is 1. The van der Waals surface area contributed by atoms with E-state index < -0.39 is 5.97 Å². The van der Waals surface area contributed by atoms with Gasteiger partial charge in [-0.2, -0.15) is 0 Å². The molecule has 0 aliphatic heterocycles. The van der Waals surface area contributed by atoms with Crippen LogP contribution in [0.1, 0.15) is 33.6 Å². The van der Waals surface area contributed by atoms with Crippen LogP contribution in [0.3, 0.4) is 0 Å². The molecule has 0 fully saturated rings. The minimum atomic E-state index is -0.896. The fourth-order valence-corrected chi connectivity index (χ4v) is 1.56. The predicted octanol–water partition coefficient (Wildman–Crippen LogP) is 0.945. The molecule has 5 nitrogen and oxygen atoms in total. The average molecular weight is 244 g/mol. The van der Waals surface area contributed by atoms with E-state index in [1.54, 1.807) is 4.90 Å². The van der Waals surface area contributed by atoms with Crippen LogP contribution in [-0.4, -0.2) is 48.1 Å². The van der Waals surface area contributed by atoms with Crippen LogP contribution >= 0.6 is 0 Å². The fraction of sp³-hybridized carbons (Fsp3) is 0.833. The standard InChI is InChI=1S/C12H24N2O3/c1-4-5-6-13-11(15)8-14(7-10(2)3)9-12(16)17/h10H,4-9H2,1-3H3,(H,13,15)(H,16,17). The van der Waals surface area contributed by atoms with E-state index in [1.165, 1.54) is 0 Å². The third-order valence-corrected chi connectivity index (χ3v) is 2.20. The van der Waals surface area contributed by atoms with Gasteiger partial charge in [0.1, 0.15) is 0 Å². The van der Waals surface area contributed by atoms with Crippen LogP contribution < -0.4 is 5.32 Å². The number of hydrogen-bond acceptors (Lipinski definition) is 3. The second kappa shape index (κ2) is 8.98. The Kier molecular flexibility index (Phi) is 8.40. The van der Waals surface area contributed by atoms with Crippen LogP contribution in [-0.2, 0) is 9.59 Å². The van der Waals surface area contributed by atoms with E-state index in [-0.39, 0.29) is 19.0 Å². The highest BCUT2D eigenvalue weighted by Crippen LogP contribution is 1.98. The number of nitrogens with zero attached hydrogens (tertiary/aromatic N) is 1. The Labute approximate surface area is 103 Å². The molecule has 0 aromatic heterocycles. The second-order valence-corrected chi connectivity index (χ2v) is 4.66. The van der Waals surface area contributed by atoms with Gasteiger partial charge in [-0.1, -0.05) is 27.2 Å². The maximum Gasteiger partial charge on any atom is 0.317 e. The molecular weight excluding hydrogens is 220 g/mol. The van der Waals surface area contributed by atoms with Crippen molar-refractivity contribution in [3.05, 3.63) is 0 Å². The molecule has 0 aromatic carbocycles. The summed E-state index contributed by atoms with van der Waals surface area (Å²) in [4.78, 5) is 23.9. The van der Waals surface area contributed by atoms with Crippen molar-refractivity contribution in [1.29, 1.82) is 0 Å². The number of carbonyl (C=O) groups excluding carboxylic acids is 1. The molecule has 2 N–H and O–H groups in total. The first kappa shape index (κ1) is 15.9. The van der Waals surface area contributed by atoms with Gasteiger partial charge in [0.2, 0.25) is 5.91 Å². The zero-order chi connectivity index (χ0) is 13.3. The molecule has 0 unspecified atom stereocenters. The number of carbonyl (C=O) groups is 2. The number of rotatable bonds is 9. The first-order valence-electron chi connectivity index (χ1n) is 6.16. The third kappa shape index (κ3) is 9.81. The zero-order valence-electron chi connectivity index (χ0n) is 11.0. The first-order chi connectivity index (χ1) is 7.95. The number of carboxylic acid groups (broad SMARTS) is 1. The molecule has 0 aliphatic carbocycles. The van der Waals surface area contributed by atoms with E-state index in [1.807, 2.05) is 13.8 Å². The molecule has 0 aliphatic rings. The van der Waals surface area contributed by atoms with Crippen LogP contribution in [0, 0.1) is 5.92 Å². The smallest absolute Gasteiger partial charge is 0.317 e. The van der Waals surface area contributed by atoms with E-state index >= 15 is 0 Å². The van der Waals surface area contributed by atoms with Crippen LogP contribution in [0.15, 0.2) is 0 Å². The molecule has 0 saturated heterocycles. The summed E-state index contributed by atoms with van der Waals surface area (Å²) < 4.78 is 0. The Hall–Kier alpha value is -1.10. The number of amides is 1. The monoisotopic (exact) mass is 244 g/mol. The van der Waals surface area contributed by atoms with Crippen molar-refractivity contribution in [2.45, 2.75) is 33.6 Å². The lowest BCUT2D eigenvalue weighted by atomic mass is 10.2. The van der Waals surface area contributed by atoms with Gasteiger partial charge >= 0.3 is 5.97 Å². The van der Waals surface area contributed by atoms with Gasteiger partial charge < -0.3 is 10.4 Å². The van der Waals surface area contributed by atoms with Crippen LogP contribution in [0.4, 0.5) is 0 Å². The summed E-state index contributed by atoms with van der Waals surface area (Å²) in [6.45, 7) is 7.42. The average Bonchev–Trinajstić information content (AvgIpc) is 2.15. The van der Waals surface area contributed by atoms with Gasteiger partial charge in [-0.05, 0) is 12.3 Å². The molecule has 0 spiro atoms. The maximum atomic E-state index is 11.5. The molecule has 0 heterocycles. The molecule has 17 heavy (non-hydrogen) atoms. The summed E-state index contributed by atoms with van der Waals surface area (Å²) in [5, 5.41) is 11.5. The SMILES string of the molecule is CCCCNC(=O)CN(CC(=O)O)CC(C)C. The highest BCUT2D eigenvalue weighted by molar-refractivity contribution is 5.78. The lowest BCUT2D eigenvalue weighted by Crippen LogP contribution is -2.41. The van der Waals surface area contributed by atoms with Crippen LogP contribution in [0.25, 0.3) is 0 Å². The lowest BCUT2D eigenvalue weighted by molar-refractivity contribution is -0.138. The normalized spacial score (nSPS) is 10.9. The predicted molar refractivity (Wildman–Crippen MR) is 66.8 cm³/mol. The van der Waals surface area contributed by atoms with Gasteiger partial charge in [-0.3, -0.25) is 14.5 Å². The lowest BCUT2D eigenvalue weighted by Gasteiger charge is -2.21. The highest BCUT2D eigenvalue weighted by atomic mass is 16.4. The summed E-state index contributed by atoms with van der Waals surface area (Å²) >= 11 is 0. The molecule has 100 valence electrons. The molecule has 0 radical (unpaired) electrons. The van der Waals surface area contributed by atoms with Crippen molar-refractivity contribution < 1.29 is 14.7 Å². The molecule has 0 aromatic rings. The minimum Gasteiger partial charge on any atom is -0.480 e. The molecule has 0 atom stereocenters. The molecule has 0 bridgehead atoms. The Morgan fingerprint density at radius 1 is 1.29 bits per heavy atom. The topological polar surface area (TPSA) is 69.6 Å². The van der Waals surface area contributed by atoms with Gasteiger partial charge in [-0.25, -0.2) is 0 Å². The maximum absolute atomic E-state index is 11.5. The van der Waals surface area contributed by atoms with Gasteiger partial charge in [0, 0.05) is 13.1 Å². The summed E-state index contributed by atoms with van der Waals surface area (Å²) in [5.74, 6) is -0.648. The minimum absolute atomic E-state index is 0.0840. The third-order valence-electron chi connectivity index (χ3n) is 2.20. The van der Waals surface area contributed by atoms with Crippen LogP contribution in [0.5, 0.6) is 0 Å². The van der Waals surface area contributed by atoms with Crippen molar-refractivity contribution in [2.24, 2.45) is 5.92 Å². The number of aliphatic carboxylic acids is 1. The van der Waals surface area contributed by atoms with Crippen molar-refractivity contribution in [3.8, 4) is 0 Å². The van der Waals surface area contributed by atoms with Gasteiger partial charge in [-0.15, -0.1) is 0 Å². The van der Waals surface area contributed by atoms with Gasteiger partial charge in [0.05, 0.1) is 13.1 Å². The number of hydrogen-bond donors (Lipinski definition) is 2. The van der Waals surface area contributed by atoms with Crippen molar-refractivity contribution in [3.63, 3.8) is 0 Å². The summed E-state index contributed by atoms with van der Waals surface area (Å²) in [6.07, 6.45) is 1.99. The van der Waals surface area contributed by atoms with Gasteiger partial charge in [0.15, 0.2) is 0 Å². The van der Waals surface area contributed by atoms with Gasteiger partial charge in [0.25, 0.3) is 0 Å². The second-order valence-electron chi connectivity index (χ2n) is 4.66. The summed E-state index contributed by atoms with van der Waals surface area (Å²) in [7, 11) is 0. The van der Waals surface area contributed by atoms with E-state index in [0.29, 0.717) is 19.0 Å².